The zero-order chi connectivity index (χ0) is 16.7. The van der Waals surface area contributed by atoms with Crippen molar-refractivity contribution in [3.8, 4) is 17.2 Å². The maximum Gasteiger partial charge on any atom is 0.136 e. The molecule has 5 heteroatoms. The largest absolute Gasteiger partial charge is 0.497 e. The van der Waals surface area contributed by atoms with Crippen molar-refractivity contribution in [3.05, 3.63) is 52.0 Å². The van der Waals surface area contributed by atoms with Gasteiger partial charge in [-0.1, -0.05) is 12.1 Å². The Balaban J connectivity index is 1.89. The number of hydrogen-bond acceptors (Lipinski definition) is 4. The van der Waals surface area contributed by atoms with Crippen LogP contribution in [-0.4, -0.2) is 27.9 Å². The average molecular weight is 380 g/mol. The molecule has 0 aliphatic rings. The lowest BCUT2D eigenvalue weighted by Crippen LogP contribution is -2.17. The van der Waals surface area contributed by atoms with Crippen molar-refractivity contribution in [3.63, 3.8) is 0 Å². The molecule has 0 amide bonds. The summed E-state index contributed by atoms with van der Waals surface area (Å²) in [7, 11) is 4.99. The third kappa shape index (κ3) is 4.88. The van der Waals surface area contributed by atoms with Gasteiger partial charge in [0.1, 0.15) is 17.2 Å². The van der Waals surface area contributed by atoms with Crippen LogP contribution in [0.3, 0.4) is 0 Å². The van der Waals surface area contributed by atoms with Crippen LogP contribution >= 0.6 is 15.9 Å². The van der Waals surface area contributed by atoms with E-state index in [0.29, 0.717) is 0 Å². The van der Waals surface area contributed by atoms with Crippen LogP contribution in [-0.2, 0) is 13.0 Å². The maximum absolute atomic E-state index is 5.43. The second-order valence-electron chi connectivity index (χ2n) is 5.07. The standard InChI is InChI=1S/C18H22BrNO3/c1-21-15-6-4-13(5-7-15)8-9-20-12-14-10-16(19)18(23-3)11-17(14)22-2/h4-7,10-11,20H,8-9,12H2,1-3H3. The number of hydrogen-bond donors (Lipinski definition) is 1. The molecule has 0 aliphatic carbocycles. The van der Waals surface area contributed by atoms with Crippen LogP contribution in [0, 0.1) is 0 Å². The minimum absolute atomic E-state index is 0.738. The third-order valence-electron chi connectivity index (χ3n) is 3.62. The first-order valence-electron chi connectivity index (χ1n) is 7.42. The minimum atomic E-state index is 0.738. The van der Waals surface area contributed by atoms with Crippen molar-refractivity contribution in [2.75, 3.05) is 27.9 Å². The summed E-state index contributed by atoms with van der Waals surface area (Å²) >= 11 is 3.51. The number of rotatable bonds is 8. The summed E-state index contributed by atoms with van der Waals surface area (Å²) in [6.07, 6.45) is 0.962. The minimum Gasteiger partial charge on any atom is -0.497 e. The van der Waals surface area contributed by atoms with Gasteiger partial charge >= 0.3 is 0 Å². The molecule has 0 aliphatic heterocycles. The normalized spacial score (nSPS) is 10.4. The summed E-state index contributed by atoms with van der Waals surface area (Å²) in [6.45, 7) is 1.63. The fourth-order valence-electron chi connectivity index (χ4n) is 2.31. The first kappa shape index (κ1) is 17.6. The van der Waals surface area contributed by atoms with Crippen molar-refractivity contribution in [2.45, 2.75) is 13.0 Å². The van der Waals surface area contributed by atoms with Crippen LogP contribution in [0.1, 0.15) is 11.1 Å². The molecule has 0 heterocycles. The monoisotopic (exact) mass is 379 g/mol. The Bertz CT molecular complexity index is 629. The van der Waals surface area contributed by atoms with Gasteiger partial charge in [-0.2, -0.15) is 0 Å². The highest BCUT2D eigenvalue weighted by Gasteiger charge is 2.09. The fourth-order valence-corrected chi connectivity index (χ4v) is 2.86. The summed E-state index contributed by atoms with van der Waals surface area (Å²) in [6, 6.07) is 12.1. The van der Waals surface area contributed by atoms with Crippen molar-refractivity contribution in [1.29, 1.82) is 0 Å². The van der Waals surface area contributed by atoms with Gasteiger partial charge in [0.05, 0.1) is 25.8 Å². The number of methoxy groups -OCH3 is 3. The summed E-state index contributed by atoms with van der Waals surface area (Å²) < 4.78 is 16.8. The Morgan fingerprint density at radius 2 is 1.61 bits per heavy atom. The summed E-state index contributed by atoms with van der Waals surface area (Å²) in [4.78, 5) is 0. The molecule has 0 bridgehead atoms. The van der Waals surface area contributed by atoms with Gasteiger partial charge in [-0.25, -0.2) is 0 Å². The summed E-state index contributed by atoms with van der Waals surface area (Å²) in [5.74, 6) is 2.47. The lowest BCUT2D eigenvalue weighted by molar-refractivity contribution is 0.388. The van der Waals surface area contributed by atoms with E-state index in [-0.39, 0.29) is 0 Å². The van der Waals surface area contributed by atoms with Crippen molar-refractivity contribution in [2.24, 2.45) is 0 Å². The Labute approximate surface area is 145 Å². The maximum atomic E-state index is 5.43. The lowest BCUT2D eigenvalue weighted by atomic mass is 10.1. The number of nitrogens with one attached hydrogen (secondary N) is 1. The van der Waals surface area contributed by atoms with E-state index in [4.69, 9.17) is 14.2 Å². The molecule has 0 saturated carbocycles. The third-order valence-corrected chi connectivity index (χ3v) is 4.24. The molecule has 0 unspecified atom stereocenters. The predicted octanol–water partition coefficient (Wildman–Crippen LogP) is 3.81. The van der Waals surface area contributed by atoms with E-state index in [9.17, 15) is 0 Å². The second-order valence-corrected chi connectivity index (χ2v) is 5.93. The van der Waals surface area contributed by atoms with E-state index in [1.54, 1.807) is 21.3 Å². The summed E-state index contributed by atoms with van der Waals surface area (Å²) in [5.41, 5.74) is 2.37. The van der Waals surface area contributed by atoms with Crippen LogP contribution in [0.25, 0.3) is 0 Å². The molecule has 0 saturated heterocycles. The first-order chi connectivity index (χ1) is 11.2. The van der Waals surface area contributed by atoms with E-state index in [1.165, 1.54) is 5.56 Å². The topological polar surface area (TPSA) is 39.7 Å². The predicted molar refractivity (Wildman–Crippen MR) is 95.7 cm³/mol. The molecule has 2 aromatic rings. The van der Waals surface area contributed by atoms with Gasteiger partial charge in [0.2, 0.25) is 0 Å². The van der Waals surface area contributed by atoms with E-state index in [1.807, 2.05) is 24.3 Å². The Morgan fingerprint density at radius 1 is 0.913 bits per heavy atom. The molecule has 2 rings (SSSR count). The molecule has 0 fully saturated rings. The fraction of sp³-hybridized carbons (Fsp3) is 0.333. The zero-order valence-corrected chi connectivity index (χ0v) is 15.3. The zero-order valence-electron chi connectivity index (χ0n) is 13.7. The molecule has 2 aromatic carbocycles. The number of benzene rings is 2. The molecule has 4 nitrogen and oxygen atoms in total. The Hall–Kier alpha value is -1.72. The van der Waals surface area contributed by atoms with Gasteiger partial charge < -0.3 is 19.5 Å². The highest BCUT2D eigenvalue weighted by Crippen LogP contribution is 2.32. The van der Waals surface area contributed by atoms with E-state index >= 15 is 0 Å². The van der Waals surface area contributed by atoms with Gasteiger partial charge in [0, 0.05) is 18.2 Å². The van der Waals surface area contributed by atoms with Gasteiger partial charge in [0.15, 0.2) is 0 Å². The van der Waals surface area contributed by atoms with Crippen LogP contribution in [0.5, 0.6) is 17.2 Å². The Kier molecular flexibility index (Phi) is 6.74. The van der Waals surface area contributed by atoms with E-state index < -0.39 is 0 Å². The molecule has 0 atom stereocenters. The first-order valence-corrected chi connectivity index (χ1v) is 8.21. The summed E-state index contributed by atoms with van der Waals surface area (Å²) in [5, 5.41) is 3.45. The quantitative estimate of drug-likeness (QED) is 0.707. The van der Waals surface area contributed by atoms with Crippen LogP contribution in [0.2, 0.25) is 0 Å². The SMILES string of the molecule is COc1ccc(CCNCc2cc(Br)c(OC)cc2OC)cc1. The molecular weight excluding hydrogens is 358 g/mol. The smallest absolute Gasteiger partial charge is 0.136 e. The van der Waals surface area contributed by atoms with Crippen molar-refractivity contribution < 1.29 is 14.2 Å². The molecule has 0 radical (unpaired) electrons. The van der Waals surface area contributed by atoms with Crippen molar-refractivity contribution in [1.82, 2.24) is 5.32 Å². The lowest BCUT2D eigenvalue weighted by Gasteiger charge is -2.13. The molecule has 124 valence electrons. The molecule has 0 aromatic heterocycles. The number of ether oxygens (including phenoxy) is 3. The number of halogens is 1. The molecule has 1 N–H and O–H groups in total. The average Bonchev–Trinajstić information content (AvgIpc) is 2.59. The van der Waals surface area contributed by atoms with Crippen LogP contribution < -0.4 is 19.5 Å². The molecular formula is C18H22BrNO3. The van der Waals surface area contributed by atoms with E-state index in [2.05, 4.69) is 33.4 Å². The van der Waals surface area contributed by atoms with Crippen LogP contribution in [0.4, 0.5) is 0 Å². The van der Waals surface area contributed by atoms with Gasteiger partial charge in [-0.15, -0.1) is 0 Å². The van der Waals surface area contributed by atoms with Gasteiger partial charge in [-0.05, 0) is 52.7 Å². The van der Waals surface area contributed by atoms with Crippen LogP contribution in [0.15, 0.2) is 40.9 Å². The second kappa shape index (κ2) is 8.79. The highest BCUT2D eigenvalue weighted by molar-refractivity contribution is 9.10. The van der Waals surface area contributed by atoms with Gasteiger partial charge in [-0.3, -0.25) is 0 Å². The van der Waals surface area contributed by atoms with Gasteiger partial charge in [0.25, 0.3) is 0 Å². The van der Waals surface area contributed by atoms with Crippen molar-refractivity contribution >= 4 is 15.9 Å². The highest BCUT2D eigenvalue weighted by atomic mass is 79.9. The Morgan fingerprint density at radius 3 is 2.22 bits per heavy atom. The van der Waals surface area contributed by atoms with E-state index in [0.717, 1.165) is 46.8 Å². The molecule has 0 spiro atoms. The molecule has 23 heavy (non-hydrogen) atoms.